The number of anilines is 5. The Morgan fingerprint density at radius 1 is 0.345 bits per heavy atom. The summed E-state index contributed by atoms with van der Waals surface area (Å²) in [6, 6.07) is 17.1. The van der Waals surface area contributed by atoms with Crippen molar-refractivity contribution in [2.75, 3.05) is 71.7 Å². The third kappa shape index (κ3) is 16.0. The van der Waals surface area contributed by atoms with Gasteiger partial charge in [-0.05, 0) is 171 Å². The largest absolute Gasteiger partial charge is 0.475 e. The predicted octanol–water partition coefficient (Wildman–Crippen LogP) is 13.6. The maximum absolute atomic E-state index is 14.2. The van der Waals surface area contributed by atoms with Crippen LogP contribution in [0, 0.1) is 40.9 Å². The second-order valence-electron chi connectivity index (χ2n) is 37.9. The van der Waals surface area contributed by atoms with Crippen molar-refractivity contribution in [3.63, 3.8) is 0 Å². The van der Waals surface area contributed by atoms with Gasteiger partial charge in [0.1, 0.15) is 90.2 Å². The van der Waals surface area contributed by atoms with E-state index in [2.05, 4.69) is 136 Å². The number of nitrogens with zero attached hydrogens (tertiary/aromatic N) is 22. The van der Waals surface area contributed by atoms with Crippen LogP contribution in [0.25, 0.3) is 56.7 Å². The van der Waals surface area contributed by atoms with Crippen molar-refractivity contribution < 1.29 is 45.6 Å². The molecule has 40 heteroatoms. The highest BCUT2D eigenvalue weighted by Crippen LogP contribution is 2.67. The second-order valence-corrected chi connectivity index (χ2v) is 37.9. The van der Waals surface area contributed by atoms with Crippen LogP contribution in [0.1, 0.15) is 154 Å². The zero-order valence-corrected chi connectivity index (χ0v) is 76.8. The van der Waals surface area contributed by atoms with E-state index < -0.39 is 16.6 Å². The van der Waals surface area contributed by atoms with Gasteiger partial charge >= 0.3 is 0 Å². The molecule has 139 heavy (non-hydrogen) atoms. The molecule has 2 saturated heterocycles. The minimum absolute atomic E-state index is 0.0201. The fraction of sp³-hybridized carbons (Fsp3) is 0.343. The second kappa shape index (κ2) is 33.6. The quantitative estimate of drug-likeness (QED) is 0.0654. The van der Waals surface area contributed by atoms with Crippen molar-refractivity contribution in [3.8, 4) is 29.4 Å². The number of hydrogen-bond acceptors (Lipinski definition) is 30. The lowest BCUT2D eigenvalue weighted by molar-refractivity contribution is 0.209. The van der Waals surface area contributed by atoms with E-state index in [0.29, 0.717) is 109 Å². The van der Waals surface area contributed by atoms with Gasteiger partial charge in [-0.3, -0.25) is 0 Å². The smallest absolute Gasteiger partial charge is 0.219 e. The summed E-state index contributed by atoms with van der Waals surface area (Å²) in [5, 5.41) is 48.8. The molecule has 10 bridgehead atoms. The minimum atomic E-state index is -0.422. The van der Waals surface area contributed by atoms with Crippen molar-refractivity contribution in [3.05, 3.63) is 271 Å². The van der Waals surface area contributed by atoms with Crippen LogP contribution >= 0.6 is 0 Å². The molecule has 27 rings (SSSR count). The topological polar surface area (TPSA) is 364 Å². The van der Waals surface area contributed by atoms with E-state index >= 15 is 0 Å². The van der Waals surface area contributed by atoms with Gasteiger partial charge < -0.3 is 76.0 Å². The van der Waals surface area contributed by atoms with Crippen LogP contribution in [0.15, 0.2) is 187 Å². The molecule has 22 heterocycles. The zero-order valence-electron chi connectivity index (χ0n) is 76.8. The molecule has 9 atom stereocenters. The van der Waals surface area contributed by atoms with Gasteiger partial charge in [0.15, 0.2) is 28.2 Å². The number of pyridine rings is 5. The van der Waals surface area contributed by atoms with E-state index in [-0.39, 0.29) is 70.5 Å². The first-order valence-electron chi connectivity index (χ1n) is 46.6. The predicted molar refractivity (Wildman–Crippen MR) is 509 cm³/mol. The molecule has 4 unspecified atom stereocenters. The molecule has 8 N–H and O–H groups in total. The van der Waals surface area contributed by atoms with Crippen LogP contribution in [-0.4, -0.2) is 174 Å². The van der Waals surface area contributed by atoms with Gasteiger partial charge in [-0.2, -0.15) is 25.5 Å². The van der Waals surface area contributed by atoms with Crippen molar-refractivity contribution in [2.45, 2.75) is 157 Å². The summed E-state index contributed by atoms with van der Waals surface area (Å²) in [6.45, 7) is 34.5. The minimum Gasteiger partial charge on any atom is -0.475 e. The van der Waals surface area contributed by atoms with Crippen LogP contribution < -0.4 is 76.0 Å². The van der Waals surface area contributed by atoms with E-state index in [1.165, 1.54) is 49.2 Å². The molecule has 35 nitrogen and oxygen atoms in total. The lowest BCUT2D eigenvalue weighted by Crippen LogP contribution is -2.35. The lowest BCUT2D eigenvalue weighted by atomic mass is 10.0. The van der Waals surface area contributed by atoms with Gasteiger partial charge in [-0.25, -0.2) is 94.4 Å². The van der Waals surface area contributed by atoms with Crippen LogP contribution in [0.4, 0.5) is 51.0 Å². The van der Waals surface area contributed by atoms with E-state index in [4.69, 9.17) is 48.6 Å². The number of ether oxygens (including phenoxy) is 5. The summed E-state index contributed by atoms with van der Waals surface area (Å²) < 4.78 is 109. The normalized spacial score (nSPS) is 23.6. The molecule has 710 valence electrons. The number of fused-ring (bicyclic) bond motifs is 15. The number of aromatic nitrogens is 20. The molecule has 12 aliphatic rings. The summed E-state index contributed by atoms with van der Waals surface area (Å²) in [5.74, 6) is 5.21. The van der Waals surface area contributed by atoms with Crippen LogP contribution in [-0.2, 0) is 27.7 Å². The van der Waals surface area contributed by atoms with E-state index in [1.54, 1.807) is 65.7 Å². The first-order chi connectivity index (χ1) is 67.2. The highest BCUT2D eigenvalue weighted by Gasteiger charge is 2.66. The molecular formula is C99H99F5N30O5. The van der Waals surface area contributed by atoms with Crippen molar-refractivity contribution >= 4 is 85.8 Å². The van der Waals surface area contributed by atoms with Gasteiger partial charge in [-0.15, -0.1) is 0 Å². The van der Waals surface area contributed by atoms with Gasteiger partial charge in [0.25, 0.3) is 0 Å². The Balaban J connectivity index is 0.0000000972. The Morgan fingerprint density at radius 3 is 0.957 bits per heavy atom. The summed E-state index contributed by atoms with van der Waals surface area (Å²) in [7, 11) is 0. The van der Waals surface area contributed by atoms with Crippen LogP contribution in [0.2, 0.25) is 0 Å². The third-order valence-corrected chi connectivity index (χ3v) is 27.9. The molecule has 5 saturated carbocycles. The molecule has 7 aliphatic heterocycles. The summed E-state index contributed by atoms with van der Waals surface area (Å²) in [4.78, 5) is 49.8. The van der Waals surface area contributed by atoms with Gasteiger partial charge in [-0.1, -0.05) is 32.9 Å². The number of halogens is 5. The number of piperidine rings is 2. The molecular weight excluding hydrogens is 1780 g/mol. The summed E-state index contributed by atoms with van der Waals surface area (Å²) in [5.41, 5.74) is 13.4. The van der Waals surface area contributed by atoms with Crippen molar-refractivity contribution in [1.82, 2.24) is 124 Å². The maximum Gasteiger partial charge on any atom is 0.219 e. The molecule has 5 spiro atoms. The lowest BCUT2D eigenvalue weighted by Gasteiger charge is -2.31. The number of rotatable bonds is 0. The first-order valence-corrected chi connectivity index (χ1v) is 46.6. The maximum atomic E-state index is 14.2. The third-order valence-electron chi connectivity index (χ3n) is 27.9. The average molecular weight is 1880 g/mol. The molecule has 7 fully saturated rings. The highest BCUT2D eigenvalue weighted by atomic mass is 19.1. The number of hydrogen-bond donors (Lipinski definition) is 8. The van der Waals surface area contributed by atoms with Crippen LogP contribution in [0.5, 0.6) is 29.4 Å². The monoisotopic (exact) mass is 1880 g/mol. The Hall–Kier alpha value is -15.8. The SMILES string of the molecule is C=C1NC[C@H](C)Oc2ncc(F)cc2C2(CC2)Nc2ccn3ncc1c3n2.C=C1NC[C@H](C)Oc2ncc(F)cc2C23CC2CCN3c2ccn3ncc1c3n2.C=C1N[C@H](C)COc2ncc(F)cc2C2(CC2)Nc2ccn3ncc1c3n2.C=C1N[C@H](C)COc2ncc(F)cc2C2(CC2)Nc2ccn3ncc1c3n2.C=C1N[C@H](C)COc2ncc(F)cc2C23CC2CCN3c2ccn3ncc1c3n2. The van der Waals surface area contributed by atoms with Gasteiger partial charge in [0.2, 0.25) is 29.4 Å². The first kappa shape index (κ1) is 87.3. The van der Waals surface area contributed by atoms with E-state index in [1.807, 2.05) is 95.9 Å². The van der Waals surface area contributed by atoms with E-state index in [9.17, 15) is 22.0 Å². The summed E-state index contributed by atoms with van der Waals surface area (Å²) >= 11 is 0. The highest BCUT2D eigenvalue weighted by molar-refractivity contribution is 5.79. The van der Waals surface area contributed by atoms with Crippen molar-refractivity contribution in [1.29, 1.82) is 0 Å². The van der Waals surface area contributed by atoms with Gasteiger partial charge in [0, 0.05) is 100 Å². The molecule has 15 aromatic rings. The standard InChI is InChI=1S/2C21H21FN6O.3C19H19FN6O/c1-12-11-29-20-17(7-15(22)9-23-20)21-8-14(21)3-5-27(21)18-4-6-28-19(26-18)16(10-24-28)13(2)25-12;1-12-9-23-13(2)16-11-25-28-6-4-18(26-19(16)28)27-5-3-14-8-21(14,27)17-7-15(22)10-24-20(17)29-12;2*1-11-10-27-18-15(7-13(20)8-21-18)19(4-5-19)25-16-3-6-26-17(24-16)14(9-22-26)12(2)23-11;1-11-8-21-12(2)14-10-23-26-6-3-16(24-17(14)26)25-19(4-5-19)15-7-13(20)9-22-18(15)27-11/h4,6-7,9-10,12,14,25H,2-3,5,8,11H2,1H3;4,6-7,10-12,14,23H,2-3,5,8-9H2,1H3;2*3,6-9,11,23H,2,4-5,10H2,1H3,(H,24,25);3,6-7,9-11,21H,2,4-5,8H2,1H3,(H,24,25)/t2*12-,14?,21?;3*11-/m10110/s1. The van der Waals surface area contributed by atoms with Crippen molar-refractivity contribution in [2.24, 2.45) is 11.8 Å². The van der Waals surface area contributed by atoms with E-state index in [0.717, 1.165) is 184 Å². The Bertz CT molecular complexity index is 7340. The van der Waals surface area contributed by atoms with Crippen LogP contribution in [0.3, 0.4) is 0 Å². The molecule has 15 aromatic heterocycles. The Morgan fingerprint density at radius 2 is 0.626 bits per heavy atom. The molecule has 0 radical (unpaired) electrons. The van der Waals surface area contributed by atoms with Gasteiger partial charge in [0.05, 0.1) is 149 Å². The molecule has 0 aromatic carbocycles. The Labute approximate surface area is 793 Å². The Kier molecular flexibility index (Phi) is 21.1. The fourth-order valence-corrected chi connectivity index (χ4v) is 20.3. The molecule has 0 amide bonds. The summed E-state index contributed by atoms with van der Waals surface area (Å²) in [6.07, 6.45) is 32.9. The number of nitrogens with one attached hydrogen (secondary N) is 8. The molecule has 5 aliphatic carbocycles. The average Bonchev–Trinajstić information content (AvgIpc) is 1.52. The fourth-order valence-electron chi connectivity index (χ4n) is 20.3. The zero-order chi connectivity index (χ0) is 95.3.